The highest BCUT2D eigenvalue weighted by atomic mass is 16.3. The molecule has 0 aliphatic rings. The Hall–Kier alpha value is -2.70. The molecule has 30 heavy (non-hydrogen) atoms. The van der Waals surface area contributed by atoms with Crippen LogP contribution in [0.3, 0.4) is 0 Å². The van der Waals surface area contributed by atoms with Gasteiger partial charge < -0.3 is 21.1 Å². The quantitative estimate of drug-likeness (QED) is 0.442. The van der Waals surface area contributed by atoms with Gasteiger partial charge in [-0.15, -0.1) is 0 Å². The third kappa shape index (κ3) is 7.97. The molecule has 0 saturated carbocycles. The van der Waals surface area contributed by atoms with Gasteiger partial charge in [0.2, 0.25) is 5.91 Å². The van der Waals surface area contributed by atoms with E-state index in [1.54, 1.807) is 18.2 Å². The summed E-state index contributed by atoms with van der Waals surface area (Å²) in [5, 5.41) is 11.8. The van der Waals surface area contributed by atoms with Gasteiger partial charge in [0.25, 0.3) is 5.91 Å². The summed E-state index contributed by atoms with van der Waals surface area (Å²) in [6, 6.07) is 14.7. The van der Waals surface area contributed by atoms with Crippen molar-refractivity contribution in [1.29, 1.82) is 0 Å². The van der Waals surface area contributed by atoms with Crippen LogP contribution in [0.5, 0.6) is 0 Å². The van der Waals surface area contributed by atoms with Crippen LogP contribution >= 0.6 is 0 Å². The minimum Gasteiger partial charge on any atom is -0.395 e. The Kier molecular flexibility index (Phi) is 10.0. The fourth-order valence-electron chi connectivity index (χ4n) is 3.32. The van der Waals surface area contributed by atoms with Gasteiger partial charge in [-0.05, 0) is 55.8 Å². The van der Waals surface area contributed by atoms with Gasteiger partial charge >= 0.3 is 0 Å². The number of aliphatic hydroxyl groups is 1. The molecule has 0 bridgehead atoms. The number of likely N-dealkylation sites (N-methyl/N-ethyl adjacent to an activating group) is 1. The number of carbonyl (C=O) groups excluding carboxylic acids is 2. The molecular weight excluding hydrogens is 378 g/mol. The molecule has 2 aromatic carbocycles. The smallest absolute Gasteiger partial charge is 0.251 e. The molecule has 0 radical (unpaired) electrons. The maximum absolute atomic E-state index is 12.6. The van der Waals surface area contributed by atoms with Crippen molar-refractivity contribution in [2.45, 2.75) is 32.1 Å². The van der Waals surface area contributed by atoms with Crippen LogP contribution in [-0.4, -0.2) is 55.1 Å². The Bertz CT molecular complexity index is 809. The molecule has 2 aromatic rings. The zero-order valence-electron chi connectivity index (χ0n) is 17.8. The molecule has 0 spiro atoms. The molecule has 0 heterocycles. The van der Waals surface area contributed by atoms with Crippen molar-refractivity contribution < 1.29 is 14.7 Å². The molecule has 0 aliphatic heterocycles. The van der Waals surface area contributed by atoms with Crippen molar-refractivity contribution >= 4 is 11.8 Å². The number of nitrogens with one attached hydrogen (secondary N) is 1. The Morgan fingerprint density at radius 2 is 1.57 bits per heavy atom. The lowest BCUT2D eigenvalue weighted by Crippen LogP contribution is -2.25. The molecule has 6 heteroatoms. The van der Waals surface area contributed by atoms with Gasteiger partial charge in [-0.3, -0.25) is 9.59 Å². The largest absolute Gasteiger partial charge is 0.395 e. The Labute approximate surface area is 179 Å². The van der Waals surface area contributed by atoms with Gasteiger partial charge in [-0.2, -0.15) is 0 Å². The molecule has 2 amide bonds. The van der Waals surface area contributed by atoms with E-state index in [1.165, 1.54) is 0 Å². The van der Waals surface area contributed by atoms with Crippen LogP contribution in [0.2, 0.25) is 0 Å². The maximum Gasteiger partial charge on any atom is 0.251 e. The van der Waals surface area contributed by atoms with E-state index in [2.05, 4.69) is 10.2 Å². The van der Waals surface area contributed by atoms with Crippen molar-refractivity contribution in [3.05, 3.63) is 59.7 Å². The summed E-state index contributed by atoms with van der Waals surface area (Å²) >= 11 is 0. The fourth-order valence-corrected chi connectivity index (χ4v) is 3.32. The topological polar surface area (TPSA) is 95.7 Å². The number of aliphatic hydroxyl groups excluding tert-OH is 1. The summed E-state index contributed by atoms with van der Waals surface area (Å²) in [6.07, 6.45) is 5.36. The highest BCUT2D eigenvalue weighted by Crippen LogP contribution is 2.22. The van der Waals surface area contributed by atoms with Crippen LogP contribution in [0, 0.1) is 0 Å². The van der Waals surface area contributed by atoms with Crippen molar-refractivity contribution in [3.63, 3.8) is 0 Å². The lowest BCUT2D eigenvalue weighted by Gasteiger charge is -2.14. The number of hydrogen-bond acceptors (Lipinski definition) is 4. The van der Waals surface area contributed by atoms with Crippen LogP contribution in [0.1, 0.15) is 52.8 Å². The third-order valence-corrected chi connectivity index (χ3v) is 5.07. The molecule has 0 fully saturated rings. The summed E-state index contributed by atoms with van der Waals surface area (Å²) in [5.74, 6) is -0.743. The predicted octanol–water partition coefficient (Wildman–Crippen LogP) is 3.06. The van der Waals surface area contributed by atoms with Gasteiger partial charge in [0.15, 0.2) is 0 Å². The molecule has 6 nitrogen and oxygen atoms in total. The van der Waals surface area contributed by atoms with Gasteiger partial charge in [0.05, 0.1) is 6.61 Å². The van der Waals surface area contributed by atoms with Gasteiger partial charge in [0.1, 0.15) is 0 Å². The summed E-state index contributed by atoms with van der Waals surface area (Å²) < 4.78 is 0. The van der Waals surface area contributed by atoms with E-state index < -0.39 is 5.91 Å². The number of nitrogens with zero attached hydrogens (tertiary/aromatic N) is 1. The molecule has 0 unspecified atom stereocenters. The van der Waals surface area contributed by atoms with Crippen LogP contribution < -0.4 is 11.1 Å². The molecular formula is C24H33N3O3. The summed E-state index contributed by atoms with van der Waals surface area (Å²) in [4.78, 5) is 26.4. The first-order valence-electron chi connectivity index (χ1n) is 10.6. The maximum atomic E-state index is 12.6. The monoisotopic (exact) mass is 411 g/mol. The molecule has 0 aliphatic carbocycles. The van der Waals surface area contributed by atoms with E-state index >= 15 is 0 Å². The van der Waals surface area contributed by atoms with Crippen molar-refractivity contribution in [3.8, 4) is 11.1 Å². The second-order valence-electron chi connectivity index (χ2n) is 7.58. The summed E-state index contributed by atoms with van der Waals surface area (Å²) in [5.41, 5.74) is 7.95. The third-order valence-electron chi connectivity index (χ3n) is 5.07. The van der Waals surface area contributed by atoms with Crippen molar-refractivity contribution in [2.75, 3.05) is 33.3 Å². The van der Waals surface area contributed by atoms with E-state index in [4.69, 9.17) is 10.8 Å². The van der Waals surface area contributed by atoms with E-state index in [0.29, 0.717) is 17.7 Å². The van der Waals surface area contributed by atoms with Gasteiger partial charge in [0, 0.05) is 24.2 Å². The van der Waals surface area contributed by atoms with Crippen LogP contribution in [-0.2, 0) is 0 Å². The minimum atomic E-state index is -0.550. The number of nitrogens with two attached hydrogens (primary N) is 1. The summed E-state index contributed by atoms with van der Waals surface area (Å²) in [6.45, 7) is 2.52. The standard InChI is InChI=1S/C24H33N3O3/c1-27(14-15-28)13-9-4-2-3-8-12-26-24(30)22-17-20(16-21(18-22)23(25)29)19-10-6-5-7-11-19/h5-7,10-11,16-18,28H,2-4,8-9,12-15H2,1H3,(H2,25,29)(H,26,30). The Morgan fingerprint density at radius 3 is 2.27 bits per heavy atom. The highest BCUT2D eigenvalue weighted by molar-refractivity contribution is 6.01. The average Bonchev–Trinajstić information content (AvgIpc) is 2.75. The number of primary amides is 1. The summed E-state index contributed by atoms with van der Waals surface area (Å²) in [7, 11) is 2.02. The molecule has 0 aromatic heterocycles. The minimum absolute atomic E-state index is 0.194. The number of carbonyl (C=O) groups is 2. The number of benzene rings is 2. The lowest BCUT2D eigenvalue weighted by molar-refractivity contribution is 0.0953. The van der Waals surface area contributed by atoms with E-state index in [1.807, 2.05) is 37.4 Å². The van der Waals surface area contributed by atoms with Crippen molar-refractivity contribution in [1.82, 2.24) is 10.2 Å². The fraction of sp³-hybridized carbons (Fsp3) is 0.417. The Balaban J connectivity index is 1.81. The second-order valence-corrected chi connectivity index (χ2v) is 7.58. The van der Waals surface area contributed by atoms with Crippen LogP contribution in [0.15, 0.2) is 48.5 Å². The average molecular weight is 412 g/mol. The Morgan fingerprint density at radius 1 is 0.900 bits per heavy atom. The first kappa shape index (κ1) is 23.6. The van der Waals surface area contributed by atoms with Gasteiger partial charge in [-0.25, -0.2) is 0 Å². The SMILES string of the molecule is CN(CCO)CCCCCCCNC(=O)c1cc(C(N)=O)cc(-c2ccccc2)c1. The lowest BCUT2D eigenvalue weighted by atomic mass is 9.99. The number of unbranched alkanes of at least 4 members (excludes halogenated alkanes) is 4. The number of rotatable bonds is 13. The van der Waals surface area contributed by atoms with E-state index in [-0.39, 0.29) is 12.5 Å². The highest BCUT2D eigenvalue weighted by Gasteiger charge is 2.12. The van der Waals surface area contributed by atoms with E-state index in [0.717, 1.165) is 56.3 Å². The zero-order chi connectivity index (χ0) is 21.8. The second kappa shape index (κ2) is 12.8. The first-order valence-corrected chi connectivity index (χ1v) is 10.6. The molecule has 0 atom stereocenters. The molecule has 4 N–H and O–H groups in total. The predicted molar refractivity (Wildman–Crippen MR) is 120 cm³/mol. The number of amides is 2. The zero-order valence-corrected chi connectivity index (χ0v) is 17.8. The number of hydrogen-bond donors (Lipinski definition) is 3. The molecule has 162 valence electrons. The molecule has 0 saturated heterocycles. The van der Waals surface area contributed by atoms with E-state index in [9.17, 15) is 9.59 Å². The van der Waals surface area contributed by atoms with Crippen LogP contribution in [0.4, 0.5) is 0 Å². The van der Waals surface area contributed by atoms with Crippen LogP contribution in [0.25, 0.3) is 11.1 Å². The van der Waals surface area contributed by atoms with Crippen molar-refractivity contribution in [2.24, 2.45) is 5.73 Å². The normalized spacial score (nSPS) is 10.9. The first-order chi connectivity index (χ1) is 14.5. The molecule has 2 rings (SSSR count). The van der Waals surface area contributed by atoms with Gasteiger partial charge in [-0.1, -0.05) is 49.6 Å².